The molecule has 0 aliphatic rings. The van der Waals surface area contributed by atoms with Gasteiger partial charge in [0, 0.05) is 11.6 Å². The van der Waals surface area contributed by atoms with Gasteiger partial charge in [0.2, 0.25) is 5.88 Å². The quantitative estimate of drug-likeness (QED) is 0.241. The second kappa shape index (κ2) is 15.7. The van der Waals surface area contributed by atoms with Gasteiger partial charge in [-0.15, -0.1) is 10.2 Å². The molecule has 2 rings (SSSR count). The first kappa shape index (κ1) is 25.2. The SMILES string of the molecule is CCCCCCCCCCCCOc1ccc(-c2ccc(OCC(C)CC)nn2)cc1. The van der Waals surface area contributed by atoms with Crippen LogP contribution in [-0.4, -0.2) is 23.4 Å². The van der Waals surface area contributed by atoms with Crippen LogP contribution in [0.2, 0.25) is 0 Å². The summed E-state index contributed by atoms with van der Waals surface area (Å²) in [4.78, 5) is 0. The van der Waals surface area contributed by atoms with Crippen molar-refractivity contribution in [2.24, 2.45) is 5.92 Å². The topological polar surface area (TPSA) is 44.2 Å². The molecule has 1 unspecified atom stereocenters. The van der Waals surface area contributed by atoms with Crippen LogP contribution < -0.4 is 9.47 Å². The van der Waals surface area contributed by atoms with E-state index in [0.717, 1.165) is 36.5 Å². The number of ether oxygens (including phenoxy) is 2. The Morgan fingerprint density at radius 3 is 1.94 bits per heavy atom. The first-order valence-corrected chi connectivity index (χ1v) is 12.4. The zero-order valence-electron chi connectivity index (χ0n) is 19.9. The van der Waals surface area contributed by atoms with Gasteiger partial charge in [0.05, 0.1) is 18.9 Å². The zero-order chi connectivity index (χ0) is 22.2. The average Bonchev–Trinajstić information content (AvgIpc) is 2.81. The minimum atomic E-state index is 0.523. The van der Waals surface area contributed by atoms with E-state index in [1.165, 1.54) is 57.8 Å². The van der Waals surface area contributed by atoms with Crippen LogP contribution in [0.15, 0.2) is 36.4 Å². The van der Waals surface area contributed by atoms with Gasteiger partial charge in [0.25, 0.3) is 0 Å². The number of benzene rings is 1. The molecule has 0 N–H and O–H groups in total. The summed E-state index contributed by atoms with van der Waals surface area (Å²) in [6.07, 6.45) is 14.5. The molecule has 0 spiro atoms. The average molecular weight is 427 g/mol. The van der Waals surface area contributed by atoms with Crippen molar-refractivity contribution in [1.29, 1.82) is 0 Å². The van der Waals surface area contributed by atoms with Gasteiger partial charge >= 0.3 is 0 Å². The Labute approximate surface area is 189 Å². The Kier molecular flexibility index (Phi) is 12.7. The molecule has 0 bridgehead atoms. The fraction of sp³-hybridized carbons (Fsp3) is 0.630. The Morgan fingerprint density at radius 1 is 0.710 bits per heavy atom. The van der Waals surface area contributed by atoms with Gasteiger partial charge in [-0.1, -0.05) is 85.0 Å². The molecule has 4 heteroatoms. The molecule has 0 aliphatic heterocycles. The summed E-state index contributed by atoms with van der Waals surface area (Å²) in [6, 6.07) is 12.0. The van der Waals surface area contributed by atoms with E-state index in [0.29, 0.717) is 18.4 Å². The standard InChI is InChI=1S/C27H42N2O2/c1-4-6-7-8-9-10-11-12-13-14-21-30-25-17-15-24(16-18-25)26-19-20-27(29-28-26)31-22-23(3)5-2/h15-20,23H,4-14,21-22H2,1-3H3. The van der Waals surface area contributed by atoms with Gasteiger partial charge in [0.1, 0.15) is 5.75 Å². The van der Waals surface area contributed by atoms with Gasteiger partial charge in [-0.25, -0.2) is 0 Å². The maximum Gasteiger partial charge on any atom is 0.233 e. The third-order valence-electron chi connectivity index (χ3n) is 5.77. The first-order valence-electron chi connectivity index (χ1n) is 12.4. The normalized spacial score (nSPS) is 12.0. The number of hydrogen-bond donors (Lipinski definition) is 0. The molecule has 1 aromatic carbocycles. The predicted molar refractivity (Wildman–Crippen MR) is 130 cm³/mol. The van der Waals surface area contributed by atoms with Gasteiger partial charge in [-0.2, -0.15) is 0 Å². The van der Waals surface area contributed by atoms with Crippen molar-refractivity contribution in [3.05, 3.63) is 36.4 Å². The van der Waals surface area contributed by atoms with Gasteiger partial charge in [-0.05, 0) is 42.7 Å². The molecule has 4 nitrogen and oxygen atoms in total. The van der Waals surface area contributed by atoms with Gasteiger partial charge < -0.3 is 9.47 Å². The van der Waals surface area contributed by atoms with Crippen LogP contribution in [-0.2, 0) is 0 Å². The lowest BCUT2D eigenvalue weighted by atomic mass is 10.1. The minimum Gasteiger partial charge on any atom is -0.494 e. The summed E-state index contributed by atoms with van der Waals surface area (Å²) in [5.74, 6) is 2.02. The predicted octanol–water partition coefficient (Wildman–Crippen LogP) is 7.87. The van der Waals surface area contributed by atoms with Crippen LogP contribution in [0, 0.1) is 5.92 Å². The maximum atomic E-state index is 5.90. The third-order valence-corrected chi connectivity index (χ3v) is 5.77. The Morgan fingerprint density at radius 2 is 1.35 bits per heavy atom. The zero-order valence-corrected chi connectivity index (χ0v) is 19.9. The third kappa shape index (κ3) is 10.7. The number of rotatable bonds is 17. The second-order valence-electron chi connectivity index (χ2n) is 8.64. The second-order valence-corrected chi connectivity index (χ2v) is 8.64. The highest BCUT2D eigenvalue weighted by atomic mass is 16.5. The number of nitrogens with zero attached hydrogens (tertiary/aromatic N) is 2. The van der Waals surface area contributed by atoms with E-state index in [1.54, 1.807) is 0 Å². The summed E-state index contributed by atoms with van der Waals surface area (Å²) in [5, 5.41) is 8.49. The lowest BCUT2D eigenvalue weighted by molar-refractivity contribution is 0.245. The highest BCUT2D eigenvalue weighted by Crippen LogP contribution is 2.22. The number of aromatic nitrogens is 2. The minimum absolute atomic E-state index is 0.523. The summed E-state index contributed by atoms with van der Waals surface area (Å²) < 4.78 is 11.6. The van der Waals surface area contributed by atoms with Crippen LogP contribution in [0.25, 0.3) is 11.3 Å². The van der Waals surface area contributed by atoms with E-state index in [2.05, 4.69) is 31.0 Å². The first-order chi connectivity index (χ1) is 15.2. The molecule has 172 valence electrons. The lowest BCUT2D eigenvalue weighted by Crippen LogP contribution is -2.08. The van der Waals surface area contributed by atoms with Crippen LogP contribution in [0.5, 0.6) is 11.6 Å². The van der Waals surface area contributed by atoms with Gasteiger partial charge in [-0.3, -0.25) is 0 Å². The lowest BCUT2D eigenvalue weighted by Gasteiger charge is -2.10. The van der Waals surface area contributed by atoms with E-state index >= 15 is 0 Å². The van der Waals surface area contributed by atoms with Crippen molar-refractivity contribution >= 4 is 0 Å². The maximum absolute atomic E-state index is 5.90. The molecule has 31 heavy (non-hydrogen) atoms. The Balaban J connectivity index is 1.60. The highest BCUT2D eigenvalue weighted by molar-refractivity contribution is 5.59. The summed E-state index contributed by atoms with van der Waals surface area (Å²) in [5.41, 5.74) is 1.88. The molecular weight excluding hydrogens is 384 g/mol. The Hall–Kier alpha value is -2.10. The molecule has 2 aromatic rings. The Bertz CT molecular complexity index is 685. The largest absolute Gasteiger partial charge is 0.494 e. The van der Waals surface area contributed by atoms with Crippen molar-refractivity contribution in [3.63, 3.8) is 0 Å². The van der Waals surface area contributed by atoms with Gasteiger partial charge in [0.15, 0.2) is 0 Å². The van der Waals surface area contributed by atoms with Crippen molar-refractivity contribution < 1.29 is 9.47 Å². The van der Waals surface area contributed by atoms with E-state index in [-0.39, 0.29) is 0 Å². The van der Waals surface area contributed by atoms with E-state index < -0.39 is 0 Å². The highest BCUT2D eigenvalue weighted by Gasteiger charge is 2.05. The summed E-state index contributed by atoms with van der Waals surface area (Å²) >= 11 is 0. The van der Waals surface area contributed by atoms with Crippen LogP contribution in [0.1, 0.15) is 91.4 Å². The molecule has 0 fully saturated rings. The van der Waals surface area contributed by atoms with E-state index in [1.807, 2.05) is 36.4 Å². The molecule has 1 aromatic heterocycles. The molecule has 0 saturated heterocycles. The molecule has 1 atom stereocenters. The van der Waals surface area contributed by atoms with Crippen molar-refractivity contribution in [2.45, 2.75) is 91.4 Å². The van der Waals surface area contributed by atoms with Crippen molar-refractivity contribution in [2.75, 3.05) is 13.2 Å². The van der Waals surface area contributed by atoms with Crippen molar-refractivity contribution in [3.8, 4) is 22.9 Å². The summed E-state index contributed by atoms with van der Waals surface area (Å²) in [7, 11) is 0. The molecule has 0 radical (unpaired) electrons. The molecule has 1 heterocycles. The monoisotopic (exact) mass is 426 g/mol. The fourth-order valence-corrected chi connectivity index (χ4v) is 3.40. The number of unbranched alkanes of at least 4 members (excludes halogenated alkanes) is 9. The molecule has 0 aliphatic carbocycles. The van der Waals surface area contributed by atoms with Crippen LogP contribution in [0.3, 0.4) is 0 Å². The molecule has 0 saturated carbocycles. The molecular formula is C27H42N2O2. The van der Waals surface area contributed by atoms with E-state index in [4.69, 9.17) is 9.47 Å². The van der Waals surface area contributed by atoms with E-state index in [9.17, 15) is 0 Å². The van der Waals surface area contributed by atoms with Crippen LogP contribution >= 0.6 is 0 Å². The molecule has 0 amide bonds. The smallest absolute Gasteiger partial charge is 0.233 e. The van der Waals surface area contributed by atoms with Crippen molar-refractivity contribution in [1.82, 2.24) is 10.2 Å². The number of hydrogen-bond acceptors (Lipinski definition) is 4. The van der Waals surface area contributed by atoms with Crippen LogP contribution in [0.4, 0.5) is 0 Å². The fourth-order valence-electron chi connectivity index (χ4n) is 3.40. The summed E-state index contributed by atoms with van der Waals surface area (Å²) in [6.45, 7) is 8.07.